The quantitative estimate of drug-likeness (QED) is 0.574. The molecule has 0 aliphatic carbocycles. The van der Waals surface area contributed by atoms with Gasteiger partial charge in [-0.1, -0.05) is 13.8 Å². The summed E-state index contributed by atoms with van der Waals surface area (Å²) >= 11 is 0. The van der Waals surface area contributed by atoms with Crippen LogP contribution in [0.15, 0.2) is 65.1 Å². The van der Waals surface area contributed by atoms with Crippen LogP contribution < -0.4 is 9.80 Å². The number of anilines is 2. The molecule has 0 amide bonds. The van der Waals surface area contributed by atoms with Gasteiger partial charge in [0.25, 0.3) is 0 Å². The van der Waals surface area contributed by atoms with E-state index in [1.165, 1.54) is 11.4 Å². The lowest BCUT2D eigenvalue weighted by atomic mass is 10.1. The van der Waals surface area contributed by atoms with Gasteiger partial charge in [-0.25, -0.2) is 0 Å². The van der Waals surface area contributed by atoms with E-state index in [2.05, 4.69) is 94.1 Å². The molecule has 0 atom stereocenters. The molecule has 2 aliphatic heterocycles. The minimum absolute atomic E-state index is 0.917. The average Bonchev–Trinajstić information content (AvgIpc) is 3.60. The molecule has 31 heavy (non-hydrogen) atoms. The summed E-state index contributed by atoms with van der Waals surface area (Å²) in [6.45, 7) is 13.2. The van der Waals surface area contributed by atoms with Gasteiger partial charge in [0.05, 0.1) is 13.3 Å². The van der Waals surface area contributed by atoms with Crippen LogP contribution in [0.1, 0.15) is 13.8 Å². The number of hydrogen-bond acceptors (Lipinski definition) is 5. The number of nitrogens with zero attached hydrogens (tertiary/aromatic N) is 4. The third kappa shape index (κ3) is 4.21. The summed E-state index contributed by atoms with van der Waals surface area (Å²) in [5, 5.41) is 0. The molecule has 1 aromatic heterocycles. The van der Waals surface area contributed by atoms with Crippen LogP contribution >= 0.6 is 0 Å². The first-order valence-electron chi connectivity index (χ1n) is 11.5. The second-order valence-corrected chi connectivity index (χ2v) is 8.49. The molecule has 3 aromatic rings. The van der Waals surface area contributed by atoms with E-state index in [0.29, 0.717) is 0 Å². The molecule has 0 radical (unpaired) electrons. The Balaban J connectivity index is 1.27. The zero-order valence-corrected chi connectivity index (χ0v) is 18.6. The summed E-state index contributed by atoms with van der Waals surface area (Å²) < 4.78 is 6.21. The van der Waals surface area contributed by atoms with E-state index in [0.717, 1.165) is 75.3 Å². The fourth-order valence-corrected chi connectivity index (χ4v) is 4.55. The fraction of sp³-hybridized carbons (Fsp3) is 0.385. The highest BCUT2D eigenvalue weighted by molar-refractivity contribution is 5.68. The first kappa shape index (κ1) is 20.2. The van der Waals surface area contributed by atoms with Crippen molar-refractivity contribution >= 4 is 11.4 Å². The van der Waals surface area contributed by atoms with E-state index in [9.17, 15) is 0 Å². The fourth-order valence-electron chi connectivity index (χ4n) is 4.55. The lowest BCUT2D eigenvalue weighted by molar-refractivity contribution is 0.361. The van der Waals surface area contributed by atoms with Crippen molar-refractivity contribution in [1.82, 2.24) is 9.80 Å². The molecule has 2 saturated heterocycles. The molecular formula is C26H32N4O. The Kier molecular flexibility index (Phi) is 5.70. The number of likely N-dealkylation sites (N-methyl/N-ethyl adjacent to an activating group) is 2. The minimum Gasteiger partial charge on any atom is -0.456 e. The smallest absolute Gasteiger partial charge is 0.134 e. The van der Waals surface area contributed by atoms with Crippen LogP contribution in [0.4, 0.5) is 11.4 Å². The van der Waals surface area contributed by atoms with E-state index in [4.69, 9.17) is 4.42 Å². The molecule has 0 spiro atoms. The average molecular weight is 417 g/mol. The molecule has 2 aliphatic rings. The molecule has 0 unspecified atom stereocenters. The van der Waals surface area contributed by atoms with Crippen LogP contribution in [0.25, 0.3) is 22.6 Å². The van der Waals surface area contributed by atoms with Gasteiger partial charge in [-0.3, -0.25) is 9.80 Å². The largest absolute Gasteiger partial charge is 0.456 e. The normalized spacial score (nSPS) is 17.7. The van der Waals surface area contributed by atoms with Gasteiger partial charge in [0, 0.05) is 48.7 Å². The topological polar surface area (TPSA) is 26.1 Å². The molecule has 2 fully saturated rings. The van der Waals surface area contributed by atoms with Crippen molar-refractivity contribution in [3.05, 3.63) is 60.7 Å². The van der Waals surface area contributed by atoms with Crippen LogP contribution in [-0.2, 0) is 0 Å². The second kappa shape index (κ2) is 8.77. The maximum atomic E-state index is 6.21. The summed E-state index contributed by atoms with van der Waals surface area (Å²) in [7, 11) is 0. The Labute approximate surface area is 185 Å². The molecule has 5 nitrogen and oxygen atoms in total. The highest BCUT2D eigenvalue weighted by Crippen LogP contribution is 2.31. The van der Waals surface area contributed by atoms with Crippen LogP contribution in [0.5, 0.6) is 0 Å². The van der Waals surface area contributed by atoms with Crippen molar-refractivity contribution in [1.29, 1.82) is 0 Å². The predicted molar refractivity (Wildman–Crippen MR) is 129 cm³/mol. The maximum Gasteiger partial charge on any atom is 0.134 e. The molecule has 162 valence electrons. The monoisotopic (exact) mass is 416 g/mol. The summed E-state index contributed by atoms with van der Waals surface area (Å²) in [5.41, 5.74) is 4.81. The highest BCUT2D eigenvalue weighted by Gasteiger charge is 2.20. The third-order valence-corrected chi connectivity index (χ3v) is 6.65. The maximum absolute atomic E-state index is 6.21. The molecule has 0 N–H and O–H groups in total. The third-order valence-electron chi connectivity index (χ3n) is 6.65. The second-order valence-electron chi connectivity index (χ2n) is 8.49. The first-order chi connectivity index (χ1) is 15.2. The Morgan fingerprint density at radius 2 is 1.00 bits per heavy atom. The van der Waals surface area contributed by atoms with Crippen LogP contribution in [0.2, 0.25) is 0 Å². The van der Waals surface area contributed by atoms with Crippen LogP contribution in [0.3, 0.4) is 0 Å². The summed E-state index contributed by atoms with van der Waals surface area (Å²) in [6.07, 6.45) is 0. The van der Waals surface area contributed by atoms with Crippen LogP contribution in [-0.4, -0.2) is 62.4 Å². The number of benzene rings is 2. The molecule has 3 heterocycles. The standard InChI is InChI=1S/C26H32N4O/c1-3-27-15-17-29(19-27)23-9-5-21(6-10-23)25-13-14-26(31-25)22-7-11-24(12-8-22)30-18-16-28(4-2)20-30/h5-14H,3-4,15-20H2,1-2H3. The Bertz CT molecular complexity index is 915. The van der Waals surface area contributed by atoms with Crippen molar-refractivity contribution in [3.63, 3.8) is 0 Å². The van der Waals surface area contributed by atoms with Gasteiger partial charge in [0.1, 0.15) is 11.5 Å². The van der Waals surface area contributed by atoms with Gasteiger partial charge in [0.2, 0.25) is 0 Å². The van der Waals surface area contributed by atoms with Crippen molar-refractivity contribution in [2.24, 2.45) is 0 Å². The minimum atomic E-state index is 0.917. The first-order valence-corrected chi connectivity index (χ1v) is 11.5. The van der Waals surface area contributed by atoms with E-state index in [-0.39, 0.29) is 0 Å². The summed E-state index contributed by atoms with van der Waals surface area (Å²) in [6, 6.07) is 21.7. The lowest BCUT2D eigenvalue weighted by Gasteiger charge is -2.19. The number of furan rings is 1. The molecule has 0 bridgehead atoms. The number of rotatable bonds is 6. The lowest BCUT2D eigenvalue weighted by Crippen LogP contribution is -2.24. The Morgan fingerprint density at radius 3 is 1.35 bits per heavy atom. The van der Waals surface area contributed by atoms with Gasteiger partial charge in [-0.2, -0.15) is 0 Å². The number of hydrogen-bond donors (Lipinski definition) is 0. The zero-order valence-electron chi connectivity index (χ0n) is 18.6. The SMILES string of the molecule is CCN1CCN(c2ccc(-c3ccc(-c4ccc(N5CCN(CC)C5)cc4)o3)cc2)C1. The molecule has 2 aromatic carbocycles. The van der Waals surface area contributed by atoms with Gasteiger partial charge >= 0.3 is 0 Å². The van der Waals surface area contributed by atoms with Gasteiger partial charge < -0.3 is 14.2 Å². The van der Waals surface area contributed by atoms with Crippen molar-refractivity contribution in [3.8, 4) is 22.6 Å². The van der Waals surface area contributed by atoms with Gasteiger partial charge in [0.15, 0.2) is 0 Å². The summed E-state index contributed by atoms with van der Waals surface area (Å²) in [5.74, 6) is 1.83. The Hall–Kier alpha value is -2.76. The zero-order chi connectivity index (χ0) is 21.2. The molecule has 5 heteroatoms. The van der Waals surface area contributed by atoms with Crippen molar-refractivity contribution in [2.75, 3.05) is 62.4 Å². The van der Waals surface area contributed by atoms with Crippen molar-refractivity contribution < 1.29 is 4.42 Å². The van der Waals surface area contributed by atoms with Crippen molar-refractivity contribution in [2.45, 2.75) is 13.8 Å². The molecule has 5 rings (SSSR count). The molecular weight excluding hydrogens is 384 g/mol. The van der Waals surface area contributed by atoms with E-state index in [1.807, 2.05) is 0 Å². The van der Waals surface area contributed by atoms with Crippen LogP contribution in [0, 0.1) is 0 Å². The highest BCUT2D eigenvalue weighted by atomic mass is 16.3. The molecule has 0 saturated carbocycles. The Morgan fingerprint density at radius 1 is 0.581 bits per heavy atom. The van der Waals surface area contributed by atoms with Gasteiger partial charge in [-0.15, -0.1) is 0 Å². The van der Waals surface area contributed by atoms with Gasteiger partial charge in [-0.05, 0) is 73.8 Å². The summed E-state index contributed by atoms with van der Waals surface area (Å²) in [4.78, 5) is 9.79. The van der Waals surface area contributed by atoms with E-state index < -0.39 is 0 Å². The van der Waals surface area contributed by atoms with E-state index in [1.54, 1.807) is 0 Å². The predicted octanol–water partition coefficient (Wildman–Crippen LogP) is 4.81. The van der Waals surface area contributed by atoms with E-state index >= 15 is 0 Å².